The molecule has 0 aliphatic carbocycles. The summed E-state index contributed by atoms with van der Waals surface area (Å²) in [6.45, 7) is 6.25. The Labute approximate surface area is 118 Å². The van der Waals surface area contributed by atoms with Gasteiger partial charge in [-0.05, 0) is 13.8 Å². The number of hydrogen-bond donors (Lipinski definition) is 0. The van der Waals surface area contributed by atoms with Crippen molar-refractivity contribution >= 4 is 17.7 Å². The van der Waals surface area contributed by atoms with Crippen LogP contribution in [0.3, 0.4) is 0 Å². The molecule has 1 fully saturated rings. The number of aromatic nitrogens is 2. The quantitative estimate of drug-likeness (QED) is 0.784. The highest BCUT2D eigenvalue weighted by Gasteiger charge is 2.23. The molecular weight excluding hydrogens is 262 g/mol. The molecule has 6 heteroatoms. The van der Waals surface area contributed by atoms with Gasteiger partial charge in [0, 0.05) is 37.7 Å². The van der Waals surface area contributed by atoms with Crippen LogP contribution in [-0.2, 0) is 18.3 Å². The van der Waals surface area contributed by atoms with Crippen LogP contribution in [0.5, 0.6) is 0 Å². The van der Waals surface area contributed by atoms with E-state index < -0.39 is 0 Å². The van der Waals surface area contributed by atoms with Crippen molar-refractivity contribution in [2.24, 2.45) is 7.05 Å². The number of carbonyl (C=O) groups excluding carboxylic acids is 1. The summed E-state index contributed by atoms with van der Waals surface area (Å²) in [5.74, 6) is 2.02. The van der Waals surface area contributed by atoms with E-state index in [9.17, 15) is 4.79 Å². The van der Waals surface area contributed by atoms with E-state index in [1.165, 1.54) is 0 Å². The van der Waals surface area contributed by atoms with E-state index in [4.69, 9.17) is 4.74 Å². The summed E-state index contributed by atoms with van der Waals surface area (Å²) in [6.07, 6.45) is 1.61. The van der Waals surface area contributed by atoms with Crippen LogP contribution in [0.1, 0.15) is 29.9 Å². The number of thioether (sulfide) groups is 1. The first-order valence-corrected chi connectivity index (χ1v) is 7.78. The van der Waals surface area contributed by atoms with E-state index in [1.54, 1.807) is 10.9 Å². The Balaban J connectivity index is 2.14. The van der Waals surface area contributed by atoms with Gasteiger partial charge in [0.1, 0.15) is 5.56 Å². The lowest BCUT2D eigenvalue weighted by atomic mass is 10.2. The van der Waals surface area contributed by atoms with Gasteiger partial charge in [-0.25, -0.2) is 4.79 Å². The molecule has 5 nitrogen and oxygen atoms in total. The summed E-state index contributed by atoms with van der Waals surface area (Å²) in [4.78, 5) is 14.3. The highest BCUT2D eigenvalue weighted by molar-refractivity contribution is 7.99. The molecule has 106 valence electrons. The summed E-state index contributed by atoms with van der Waals surface area (Å²) in [6, 6.07) is 0.531. The Morgan fingerprint density at radius 3 is 3.11 bits per heavy atom. The third kappa shape index (κ3) is 3.30. The van der Waals surface area contributed by atoms with Crippen LogP contribution in [0.4, 0.5) is 0 Å². The van der Waals surface area contributed by atoms with E-state index in [1.807, 2.05) is 25.7 Å². The maximum atomic E-state index is 11.9. The topological polar surface area (TPSA) is 47.4 Å². The van der Waals surface area contributed by atoms with Gasteiger partial charge in [0.15, 0.2) is 0 Å². The third-order valence-electron chi connectivity index (χ3n) is 3.42. The van der Waals surface area contributed by atoms with Gasteiger partial charge in [0.2, 0.25) is 0 Å². The van der Waals surface area contributed by atoms with Crippen LogP contribution >= 0.6 is 11.8 Å². The van der Waals surface area contributed by atoms with Gasteiger partial charge in [-0.15, -0.1) is 0 Å². The number of esters is 1. The molecule has 0 spiro atoms. The second-order valence-electron chi connectivity index (χ2n) is 4.74. The van der Waals surface area contributed by atoms with Crippen molar-refractivity contribution in [3.63, 3.8) is 0 Å². The predicted molar refractivity (Wildman–Crippen MR) is 76.4 cm³/mol. The molecule has 0 aromatic carbocycles. The van der Waals surface area contributed by atoms with Crippen LogP contribution in [0.15, 0.2) is 6.20 Å². The average Bonchev–Trinajstić information content (AvgIpc) is 2.74. The smallest absolute Gasteiger partial charge is 0.341 e. The van der Waals surface area contributed by atoms with Crippen molar-refractivity contribution in [1.29, 1.82) is 0 Å². The maximum absolute atomic E-state index is 11.9. The molecule has 19 heavy (non-hydrogen) atoms. The number of ether oxygens (including phenoxy) is 1. The predicted octanol–water partition coefficient (Wildman–Crippen LogP) is 1.53. The molecule has 1 aliphatic rings. The van der Waals surface area contributed by atoms with Gasteiger partial charge >= 0.3 is 5.97 Å². The summed E-state index contributed by atoms with van der Waals surface area (Å²) in [5.41, 5.74) is 1.53. The van der Waals surface area contributed by atoms with Gasteiger partial charge in [-0.1, -0.05) is 0 Å². The fraction of sp³-hybridized carbons (Fsp3) is 0.692. The lowest BCUT2D eigenvalue weighted by Gasteiger charge is -2.33. The molecule has 1 aliphatic heterocycles. The van der Waals surface area contributed by atoms with Gasteiger partial charge in [0.25, 0.3) is 0 Å². The van der Waals surface area contributed by atoms with Crippen molar-refractivity contribution in [1.82, 2.24) is 14.7 Å². The first kappa shape index (κ1) is 14.4. The lowest BCUT2D eigenvalue weighted by Crippen LogP contribution is -2.40. The van der Waals surface area contributed by atoms with Crippen LogP contribution in [-0.4, -0.2) is 51.3 Å². The fourth-order valence-electron chi connectivity index (χ4n) is 2.22. The SMILES string of the molecule is CCOC(=O)c1cnn(C)c1CN1CCSCC1C. The van der Waals surface area contributed by atoms with Crippen LogP contribution < -0.4 is 0 Å². The molecule has 0 saturated carbocycles. The fourth-order valence-corrected chi connectivity index (χ4v) is 3.30. The molecule has 1 atom stereocenters. The van der Waals surface area contributed by atoms with E-state index in [0.29, 0.717) is 18.2 Å². The van der Waals surface area contributed by atoms with Gasteiger partial charge in [0.05, 0.1) is 18.5 Å². The second kappa shape index (κ2) is 6.43. The first-order chi connectivity index (χ1) is 9.13. The van der Waals surface area contributed by atoms with E-state index in [-0.39, 0.29) is 5.97 Å². The lowest BCUT2D eigenvalue weighted by molar-refractivity contribution is 0.0523. The van der Waals surface area contributed by atoms with E-state index in [2.05, 4.69) is 16.9 Å². The minimum atomic E-state index is -0.273. The Hall–Kier alpha value is -1.01. The summed E-state index contributed by atoms with van der Waals surface area (Å²) < 4.78 is 6.86. The van der Waals surface area contributed by atoms with E-state index in [0.717, 1.165) is 30.3 Å². The zero-order chi connectivity index (χ0) is 13.8. The summed E-state index contributed by atoms with van der Waals surface area (Å²) in [7, 11) is 1.88. The molecule has 1 aromatic heterocycles. The van der Waals surface area contributed by atoms with Crippen molar-refractivity contribution in [3.05, 3.63) is 17.5 Å². The molecule has 1 aromatic rings. The molecular formula is C13H21N3O2S. The molecule has 0 N–H and O–H groups in total. The number of hydrogen-bond acceptors (Lipinski definition) is 5. The number of carbonyl (C=O) groups is 1. The van der Waals surface area contributed by atoms with Gasteiger partial charge in [-0.2, -0.15) is 16.9 Å². The number of nitrogens with zero attached hydrogens (tertiary/aromatic N) is 3. The molecule has 1 saturated heterocycles. The normalized spacial score (nSPS) is 20.5. The Kier molecular flexibility index (Phi) is 4.87. The van der Waals surface area contributed by atoms with Gasteiger partial charge in [-0.3, -0.25) is 9.58 Å². The van der Waals surface area contributed by atoms with Crippen molar-refractivity contribution in [2.45, 2.75) is 26.4 Å². The first-order valence-electron chi connectivity index (χ1n) is 6.63. The van der Waals surface area contributed by atoms with Gasteiger partial charge < -0.3 is 4.74 Å². The van der Waals surface area contributed by atoms with Crippen LogP contribution in [0.25, 0.3) is 0 Å². The molecule has 1 unspecified atom stereocenters. The van der Waals surface area contributed by atoms with Crippen molar-refractivity contribution in [3.8, 4) is 0 Å². The number of aryl methyl sites for hydroxylation is 1. The zero-order valence-electron chi connectivity index (χ0n) is 11.8. The molecule has 0 bridgehead atoms. The Bertz CT molecular complexity index is 447. The largest absolute Gasteiger partial charge is 0.462 e. The average molecular weight is 283 g/mol. The third-order valence-corrected chi connectivity index (χ3v) is 4.60. The molecule has 0 amide bonds. The highest BCUT2D eigenvalue weighted by atomic mass is 32.2. The molecule has 0 radical (unpaired) electrons. The van der Waals surface area contributed by atoms with Crippen LogP contribution in [0.2, 0.25) is 0 Å². The monoisotopic (exact) mass is 283 g/mol. The minimum Gasteiger partial charge on any atom is -0.462 e. The standard InChI is InChI=1S/C13H21N3O2S/c1-4-18-13(17)11-7-14-15(3)12(11)8-16-5-6-19-9-10(16)2/h7,10H,4-6,8-9H2,1-3H3. The zero-order valence-corrected chi connectivity index (χ0v) is 12.6. The second-order valence-corrected chi connectivity index (χ2v) is 5.89. The summed E-state index contributed by atoms with van der Waals surface area (Å²) in [5, 5.41) is 4.19. The minimum absolute atomic E-state index is 0.273. The van der Waals surface area contributed by atoms with Crippen LogP contribution in [0, 0.1) is 0 Å². The Morgan fingerprint density at radius 2 is 2.42 bits per heavy atom. The highest BCUT2D eigenvalue weighted by Crippen LogP contribution is 2.20. The molecule has 2 rings (SSSR count). The van der Waals surface area contributed by atoms with Crippen molar-refractivity contribution in [2.75, 3.05) is 24.7 Å². The maximum Gasteiger partial charge on any atom is 0.341 e. The Morgan fingerprint density at radius 1 is 1.63 bits per heavy atom. The van der Waals surface area contributed by atoms with Crippen molar-refractivity contribution < 1.29 is 9.53 Å². The molecule has 2 heterocycles. The van der Waals surface area contributed by atoms with E-state index >= 15 is 0 Å². The summed E-state index contributed by atoms with van der Waals surface area (Å²) >= 11 is 1.99. The number of rotatable bonds is 4.